The molecule has 0 aliphatic carbocycles. The van der Waals surface area contributed by atoms with Crippen LogP contribution in [0.4, 0.5) is 5.82 Å². The summed E-state index contributed by atoms with van der Waals surface area (Å²) in [6, 6.07) is 3.98. The van der Waals surface area contributed by atoms with Gasteiger partial charge in [-0.3, -0.25) is 0 Å². The number of hydrogen-bond acceptors (Lipinski definition) is 5. The highest BCUT2D eigenvalue weighted by Gasteiger charge is 2.27. The number of nitrogens with two attached hydrogens (primary N) is 1. The number of morpholine rings is 1. The number of rotatable bonds is 3. The van der Waals surface area contributed by atoms with Crippen LogP contribution in [-0.2, 0) is 4.74 Å². The molecular weight excluding hydrogens is 256 g/mol. The number of ether oxygens (including phenoxy) is 1. The zero-order valence-corrected chi connectivity index (χ0v) is 12.2. The summed E-state index contributed by atoms with van der Waals surface area (Å²) in [7, 11) is 0. The predicted molar refractivity (Wildman–Crippen MR) is 78.3 cm³/mol. The van der Waals surface area contributed by atoms with Crippen LogP contribution in [0.1, 0.15) is 31.5 Å². The van der Waals surface area contributed by atoms with Crippen molar-refractivity contribution in [3.8, 4) is 0 Å². The lowest BCUT2D eigenvalue weighted by Gasteiger charge is -2.39. The maximum atomic E-state index is 8.83. The van der Waals surface area contributed by atoms with Crippen LogP contribution >= 0.6 is 0 Å². The van der Waals surface area contributed by atoms with Gasteiger partial charge in [-0.15, -0.1) is 0 Å². The Morgan fingerprint density at radius 1 is 1.60 bits per heavy atom. The van der Waals surface area contributed by atoms with Gasteiger partial charge < -0.3 is 20.6 Å². The third-order valence-corrected chi connectivity index (χ3v) is 3.58. The van der Waals surface area contributed by atoms with Gasteiger partial charge in [0, 0.05) is 17.8 Å². The summed E-state index contributed by atoms with van der Waals surface area (Å²) in [5.74, 6) is 0.958. The summed E-state index contributed by atoms with van der Waals surface area (Å²) in [6.07, 6.45) is 1.16. The van der Waals surface area contributed by atoms with Gasteiger partial charge >= 0.3 is 0 Å². The Balaban J connectivity index is 2.37. The molecule has 2 atom stereocenters. The van der Waals surface area contributed by atoms with Crippen molar-refractivity contribution in [2.24, 2.45) is 10.9 Å². The molecule has 1 aromatic heterocycles. The zero-order valence-electron chi connectivity index (χ0n) is 12.2. The third kappa shape index (κ3) is 3.01. The number of pyridine rings is 1. The van der Waals surface area contributed by atoms with E-state index in [-0.39, 0.29) is 11.9 Å². The molecule has 0 spiro atoms. The van der Waals surface area contributed by atoms with Gasteiger partial charge in [-0.1, -0.05) is 12.1 Å². The normalized spacial score (nSPS) is 23.9. The van der Waals surface area contributed by atoms with Crippen LogP contribution in [0.15, 0.2) is 17.3 Å². The van der Waals surface area contributed by atoms with Gasteiger partial charge in [0.25, 0.3) is 0 Å². The van der Waals surface area contributed by atoms with E-state index >= 15 is 0 Å². The molecule has 0 amide bonds. The number of anilines is 1. The first-order valence-electron chi connectivity index (χ1n) is 6.90. The lowest BCUT2D eigenvalue weighted by Crippen LogP contribution is -2.49. The van der Waals surface area contributed by atoms with E-state index in [1.165, 1.54) is 0 Å². The molecule has 6 nitrogen and oxygen atoms in total. The molecule has 0 saturated carbocycles. The molecule has 1 saturated heterocycles. The Hall–Kier alpha value is -1.82. The number of aryl methyl sites for hydroxylation is 1. The lowest BCUT2D eigenvalue weighted by molar-refractivity contribution is 0.0296. The molecule has 0 radical (unpaired) electrons. The van der Waals surface area contributed by atoms with Gasteiger partial charge in [-0.2, -0.15) is 0 Å². The third-order valence-electron chi connectivity index (χ3n) is 3.58. The van der Waals surface area contributed by atoms with Gasteiger partial charge in [-0.25, -0.2) is 4.98 Å². The molecule has 1 fully saturated rings. The molecular formula is C14H22N4O2. The zero-order chi connectivity index (χ0) is 14.7. The van der Waals surface area contributed by atoms with Crippen LogP contribution in [0.5, 0.6) is 0 Å². The molecule has 1 aromatic rings. The Morgan fingerprint density at radius 2 is 2.35 bits per heavy atom. The fourth-order valence-electron chi connectivity index (χ4n) is 2.47. The monoisotopic (exact) mass is 278 g/mol. The summed E-state index contributed by atoms with van der Waals surface area (Å²) in [6.45, 7) is 7.59. The van der Waals surface area contributed by atoms with E-state index in [4.69, 9.17) is 15.7 Å². The number of amidine groups is 1. The highest BCUT2D eigenvalue weighted by atomic mass is 16.5. The topological polar surface area (TPSA) is 84.0 Å². The van der Waals surface area contributed by atoms with Gasteiger partial charge in [0.05, 0.1) is 18.8 Å². The number of aromatic nitrogens is 1. The van der Waals surface area contributed by atoms with E-state index in [0.717, 1.165) is 24.5 Å². The SMILES string of the molecule is CCC1COC(C)CN1c1cc(/C(N)=N/O)cc(C)n1. The summed E-state index contributed by atoms with van der Waals surface area (Å²) in [5.41, 5.74) is 7.21. The van der Waals surface area contributed by atoms with Gasteiger partial charge in [0.1, 0.15) is 5.82 Å². The average Bonchev–Trinajstić information content (AvgIpc) is 2.45. The van der Waals surface area contributed by atoms with Crippen molar-refractivity contribution >= 4 is 11.7 Å². The van der Waals surface area contributed by atoms with Crippen LogP contribution in [0.3, 0.4) is 0 Å². The van der Waals surface area contributed by atoms with E-state index in [1.54, 1.807) is 0 Å². The summed E-state index contributed by atoms with van der Waals surface area (Å²) in [5, 5.41) is 11.9. The quantitative estimate of drug-likeness (QED) is 0.379. The molecule has 0 bridgehead atoms. The van der Waals surface area contributed by atoms with Crippen molar-refractivity contribution in [2.45, 2.75) is 39.3 Å². The van der Waals surface area contributed by atoms with E-state index in [0.29, 0.717) is 18.2 Å². The van der Waals surface area contributed by atoms with Crippen LogP contribution in [-0.4, -0.2) is 41.3 Å². The second-order valence-electron chi connectivity index (χ2n) is 5.20. The molecule has 110 valence electrons. The molecule has 20 heavy (non-hydrogen) atoms. The highest BCUT2D eigenvalue weighted by molar-refractivity contribution is 5.97. The fraction of sp³-hybridized carbons (Fsp3) is 0.571. The van der Waals surface area contributed by atoms with Crippen molar-refractivity contribution in [1.29, 1.82) is 0 Å². The van der Waals surface area contributed by atoms with Crippen molar-refractivity contribution in [3.63, 3.8) is 0 Å². The summed E-state index contributed by atoms with van der Waals surface area (Å²) >= 11 is 0. The smallest absolute Gasteiger partial charge is 0.170 e. The maximum Gasteiger partial charge on any atom is 0.170 e. The first-order chi connectivity index (χ1) is 9.55. The van der Waals surface area contributed by atoms with Gasteiger partial charge in [0.15, 0.2) is 5.84 Å². The number of hydrogen-bond donors (Lipinski definition) is 2. The first kappa shape index (κ1) is 14.6. The molecule has 1 aliphatic heterocycles. The summed E-state index contributed by atoms with van der Waals surface area (Å²) in [4.78, 5) is 6.83. The van der Waals surface area contributed by atoms with E-state index in [1.807, 2.05) is 19.1 Å². The van der Waals surface area contributed by atoms with E-state index in [9.17, 15) is 0 Å². The molecule has 2 unspecified atom stereocenters. The standard InChI is InChI=1S/C14H22N4O2/c1-4-12-8-20-10(3)7-18(12)13-6-11(14(15)17-19)5-9(2)16-13/h5-6,10,12,19H,4,7-8H2,1-3H3,(H2,15,17). The van der Waals surface area contributed by atoms with E-state index in [2.05, 4.69) is 28.9 Å². The largest absolute Gasteiger partial charge is 0.409 e. The van der Waals surface area contributed by atoms with Crippen LogP contribution < -0.4 is 10.6 Å². The molecule has 1 aliphatic rings. The highest BCUT2D eigenvalue weighted by Crippen LogP contribution is 2.23. The van der Waals surface area contributed by atoms with E-state index < -0.39 is 0 Å². The van der Waals surface area contributed by atoms with Crippen molar-refractivity contribution in [3.05, 3.63) is 23.4 Å². The maximum absolute atomic E-state index is 8.83. The van der Waals surface area contributed by atoms with Crippen LogP contribution in [0.2, 0.25) is 0 Å². The average molecular weight is 278 g/mol. The van der Waals surface area contributed by atoms with Gasteiger partial charge in [-0.05, 0) is 32.4 Å². The summed E-state index contributed by atoms with van der Waals surface area (Å²) < 4.78 is 5.70. The minimum absolute atomic E-state index is 0.103. The fourth-order valence-corrected chi connectivity index (χ4v) is 2.47. The Bertz CT molecular complexity index is 504. The first-order valence-corrected chi connectivity index (χ1v) is 6.90. The molecule has 6 heteroatoms. The Labute approximate surface area is 119 Å². The van der Waals surface area contributed by atoms with Crippen molar-refractivity contribution in [1.82, 2.24) is 4.98 Å². The second kappa shape index (κ2) is 6.09. The van der Waals surface area contributed by atoms with Crippen molar-refractivity contribution < 1.29 is 9.94 Å². The molecule has 2 rings (SSSR count). The van der Waals surface area contributed by atoms with Crippen LogP contribution in [0.25, 0.3) is 0 Å². The van der Waals surface area contributed by atoms with Crippen LogP contribution in [0, 0.1) is 6.92 Å². The predicted octanol–water partition coefficient (Wildman–Crippen LogP) is 1.49. The van der Waals surface area contributed by atoms with Gasteiger partial charge in [0.2, 0.25) is 0 Å². The Kier molecular flexibility index (Phi) is 4.44. The molecule has 3 N–H and O–H groups in total. The second-order valence-corrected chi connectivity index (χ2v) is 5.20. The Morgan fingerprint density at radius 3 is 3.00 bits per heavy atom. The van der Waals surface area contributed by atoms with Crippen molar-refractivity contribution in [2.75, 3.05) is 18.1 Å². The molecule has 2 heterocycles. The molecule has 0 aromatic carbocycles. The minimum Gasteiger partial charge on any atom is -0.409 e. The minimum atomic E-state index is 0.103. The number of oxime groups is 1. The lowest BCUT2D eigenvalue weighted by atomic mass is 10.1. The number of nitrogens with zero attached hydrogens (tertiary/aromatic N) is 3.